The first-order valence-electron chi connectivity index (χ1n) is 5.97. The summed E-state index contributed by atoms with van der Waals surface area (Å²) in [4.78, 5) is 22.3. The topological polar surface area (TPSA) is 59.3 Å². The molecule has 4 nitrogen and oxygen atoms in total. The molecule has 0 unspecified atom stereocenters. The summed E-state index contributed by atoms with van der Waals surface area (Å²) in [6, 6.07) is 9.11. The molecule has 1 N–H and O–H groups in total. The van der Waals surface area contributed by atoms with E-state index in [1.165, 1.54) is 16.2 Å². The van der Waals surface area contributed by atoms with E-state index >= 15 is 0 Å². The summed E-state index contributed by atoms with van der Waals surface area (Å²) < 4.78 is 1.20. The fraction of sp³-hybridized carbons (Fsp3) is 0.200. The van der Waals surface area contributed by atoms with E-state index in [-0.39, 0.29) is 12.1 Å². The summed E-state index contributed by atoms with van der Waals surface area (Å²) in [6.07, 6.45) is 1.58. The molecule has 0 saturated carbocycles. The van der Waals surface area contributed by atoms with Crippen LogP contribution in [0.15, 0.2) is 41.3 Å². The van der Waals surface area contributed by atoms with E-state index in [1.54, 1.807) is 12.3 Å². The molecule has 0 atom stereocenters. The molecule has 19 heavy (non-hydrogen) atoms. The van der Waals surface area contributed by atoms with Crippen LogP contribution >= 0.6 is 0 Å². The van der Waals surface area contributed by atoms with Gasteiger partial charge in [0, 0.05) is 12.3 Å². The fourth-order valence-corrected chi connectivity index (χ4v) is 1.89. The van der Waals surface area contributed by atoms with Gasteiger partial charge >= 0.3 is 5.97 Å². The van der Waals surface area contributed by atoms with Gasteiger partial charge in [0.25, 0.3) is 5.56 Å². The Kier molecular flexibility index (Phi) is 3.51. The number of pyridine rings is 1. The molecule has 0 saturated heterocycles. The number of aromatic nitrogens is 1. The smallest absolute Gasteiger partial charge is 0.323 e. The number of hydrogen-bond acceptors (Lipinski definition) is 2. The summed E-state index contributed by atoms with van der Waals surface area (Å²) in [5.41, 5.74) is 3.86. The van der Waals surface area contributed by atoms with Crippen LogP contribution in [0, 0.1) is 13.8 Å². The van der Waals surface area contributed by atoms with E-state index in [0.29, 0.717) is 0 Å². The molecule has 4 heteroatoms. The van der Waals surface area contributed by atoms with Crippen molar-refractivity contribution in [2.24, 2.45) is 0 Å². The summed E-state index contributed by atoms with van der Waals surface area (Å²) in [5, 5.41) is 8.77. The molecule has 0 spiro atoms. The monoisotopic (exact) mass is 257 g/mol. The molecular formula is C15H15NO3. The number of hydrogen-bond donors (Lipinski definition) is 1. The van der Waals surface area contributed by atoms with Crippen molar-refractivity contribution in [3.63, 3.8) is 0 Å². The average Bonchev–Trinajstić information content (AvgIpc) is 2.35. The van der Waals surface area contributed by atoms with Gasteiger partial charge in [0.15, 0.2) is 0 Å². The zero-order valence-corrected chi connectivity index (χ0v) is 10.9. The Morgan fingerprint density at radius 1 is 1.11 bits per heavy atom. The lowest BCUT2D eigenvalue weighted by molar-refractivity contribution is -0.137. The van der Waals surface area contributed by atoms with Crippen molar-refractivity contribution in [1.82, 2.24) is 4.57 Å². The minimum absolute atomic E-state index is 0.310. The number of benzene rings is 1. The third-order valence-corrected chi connectivity index (χ3v) is 3.13. The van der Waals surface area contributed by atoms with E-state index in [2.05, 4.69) is 0 Å². The first-order valence-corrected chi connectivity index (χ1v) is 5.97. The highest BCUT2D eigenvalue weighted by atomic mass is 16.4. The van der Waals surface area contributed by atoms with E-state index in [9.17, 15) is 9.59 Å². The number of carboxylic acid groups (broad SMARTS) is 1. The second-order valence-electron chi connectivity index (χ2n) is 4.58. The number of aliphatic carboxylic acids is 1. The maximum Gasteiger partial charge on any atom is 0.323 e. The molecule has 0 aliphatic rings. The Balaban J connectivity index is 2.48. The molecule has 2 aromatic rings. The molecule has 1 aromatic carbocycles. The van der Waals surface area contributed by atoms with E-state index < -0.39 is 5.97 Å². The van der Waals surface area contributed by atoms with Gasteiger partial charge in [-0.25, -0.2) is 0 Å². The highest BCUT2D eigenvalue weighted by Gasteiger charge is 2.05. The maximum atomic E-state index is 11.6. The SMILES string of the molecule is Cc1ccc(-c2ccc(=O)n(CC(=O)O)c2)cc1C. The van der Waals surface area contributed by atoms with Crippen molar-refractivity contribution < 1.29 is 9.90 Å². The van der Waals surface area contributed by atoms with Crippen LogP contribution in [0.3, 0.4) is 0 Å². The standard InChI is InChI=1S/C15H15NO3/c1-10-3-4-12(7-11(10)2)13-5-6-14(17)16(8-13)9-15(18)19/h3-8H,9H2,1-2H3,(H,18,19). The van der Waals surface area contributed by atoms with Crippen LogP contribution in [0.2, 0.25) is 0 Å². The Hall–Kier alpha value is -2.36. The minimum Gasteiger partial charge on any atom is -0.480 e. The van der Waals surface area contributed by atoms with Crippen LogP contribution in [-0.4, -0.2) is 15.6 Å². The highest BCUT2D eigenvalue weighted by molar-refractivity contribution is 5.67. The van der Waals surface area contributed by atoms with Gasteiger partial charge in [0.2, 0.25) is 0 Å². The third kappa shape index (κ3) is 2.91. The van der Waals surface area contributed by atoms with Crippen LogP contribution in [0.25, 0.3) is 11.1 Å². The molecule has 0 bridgehead atoms. The van der Waals surface area contributed by atoms with Gasteiger partial charge in [-0.1, -0.05) is 18.2 Å². The van der Waals surface area contributed by atoms with Crippen molar-refractivity contribution in [2.75, 3.05) is 0 Å². The predicted octanol–water partition coefficient (Wildman–Crippen LogP) is 2.22. The van der Waals surface area contributed by atoms with Crippen LogP contribution in [-0.2, 0) is 11.3 Å². The van der Waals surface area contributed by atoms with Crippen molar-refractivity contribution in [1.29, 1.82) is 0 Å². The molecule has 0 aliphatic heterocycles. The van der Waals surface area contributed by atoms with Crippen molar-refractivity contribution in [2.45, 2.75) is 20.4 Å². The first kappa shape index (κ1) is 13.1. The van der Waals surface area contributed by atoms with Crippen molar-refractivity contribution >= 4 is 5.97 Å². The quantitative estimate of drug-likeness (QED) is 0.917. The average molecular weight is 257 g/mol. The Labute approximate surface area is 110 Å². The zero-order valence-electron chi connectivity index (χ0n) is 10.9. The third-order valence-electron chi connectivity index (χ3n) is 3.13. The Morgan fingerprint density at radius 3 is 2.42 bits per heavy atom. The molecule has 0 radical (unpaired) electrons. The predicted molar refractivity (Wildman–Crippen MR) is 73.2 cm³/mol. The molecule has 2 rings (SSSR count). The zero-order chi connectivity index (χ0) is 14.0. The Morgan fingerprint density at radius 2 is 1.79 bits per heavy atom. The van der Waals surface area contributed by atoms with Crippen LogP contribution in [0.1, 0.15) is 11.1 Å². The maximum absolute atomic E-state index is 11.6. The number of nitrogens with zero attached hydrogens (tertiary/aromatic N) is 1. The molecule has 0 fully saturated rings. The molecule has 1 heterocycles. The first-order chi connectivity index (χ1) is 8.97. The fourth-order valence-electron chi connectivity index (χ4n) is 1.89. The van der Waals surface area contributed by atoms with E-state index in [0.717, 1.165) is 16.7 Å². The van der Waals surface area contributed by atoms with Crippen LogP contribution in [0.5, 0.6) is 0 Å². The Bertz CT molecular complexity index is 686. The lowest BCUT2D eigenvalue weighted by Crippen LogP contribution is -2.22. The summed E-state index contributed by atoms with van der Waals surface area (Å²) in [6.45, 7) is 3.73. The lowest BCUT2D eigenvalue weighted by atomic mass is 10.0. The van der Waals surface area contributed by atoms with Crippen molar-refractivity contribution in [3.05, 3.63) is 58.0 Å². The number of aryl methyl sites for hydroxylation is 2. The van der Waals surface area contributed by atoms with Crippen LogP contribution < -0.4 is 5.56 Å². The molecule has 0 amide bonds. The van der Waals surface area contributed by atoms with Gasteiger partial charge in [0.1, 0.15) is 6.54 Å². The van der Waals surface area contributed by atoms with Gasteiger partial charge < -0.3 is 9.67 Å². The molecular weight excluding hydrogens is 242 g/mol. The lowest BCUT2D eigenvalue weighted by Gasteiger charge is -2.08. The highest BCUT2D eigenvalue weighted by Crippen LogP contribution is 2.20. The van der Waals surface area contributed by atoms with Gasteiger partial charge in [0.05, 0.1) is 0 Å². The van der Waals surface area contributed by atoms with Gasteiger partial charge in [-0.05, 0) is 42.2 Å². The number of rotatable bonds is 3. The van der Waals surface area contributed by atoms with Crippen molar-refractivity contribution in [3.8, 4) is 11.1 Å². The van der Waals surface area contributed by atoms with E-state index in [1.807, 2.05) is 32.0 Å². The normalized spacial score (nSPS) is 10.4. The summed E-state index contributed by atoms with van der Waals surface area (Å²) in [7, 11) is 0. The number of carbonyl (C=O) groups is 1. The minimum atomic E-state index is -1.03. The van der Waals surface area contributed by atoms with Gasteiger partial charge in [-0.2, -0.15) is 0 Å². The molecule has 98 valence electrons. The molecule has 1 aromatic heterocycles. The summed E-state index contributed by atoms with van der Waals surface area (Å²) >= 11 is 0. The van der Waals surface area contributed by atoms with E-state index in [4.69, 9.17) is 5.11 Å². The number of carboxylic acids is 1. The summed E-state index contributed by atoms with van der Waals surface area (Å²) in [5.74, 6) is -1.03. The second-order valence-corrected chi connectivity index (χ2v) is 4.58. The largest absolute Gasteiger partial charge is 0.480 e. The van der Waals surface area contributed by atoms with Gasteiger partial charge in [-0.15, -0.1) is 0 Å². The molecule has 0 aliphatic carbocycles. The second kappa shape index (κ2) is 5.10. The van der Waals surface area contributed by atoms with Crippen LogP contribution in [0.4, 0.5) is 0 Å². The van der Waals surface area contributed by atoms with Gasteiger partial charge in [-0.3, -0.25) is 9.59 Å².